The second kappa shape index (κ2) is 6.48. The van der Waals surface area contributed by atoms with Crippen molar-refractivity contribution in [2.45, 2.75) is 6.42 Å². The Morgan fingerprint density at radius 2 is 2.14 bits per heavy atom. The van der Waals surface area contributed by atoms with E-state index in [0.29, 0.717) is 15.6 Å². The summed E-state index contributed by atoms with van der Waals surface area (Å²) in [6.45, 7) is 0. The van der Waals surface area contributed by atoms with Gasteiger partial charge in [-0.05, 0) is 45.3 Å². The number of nitrogens with zero attached hydrogens (tertiary/aromatic N) is 1. The molecule has 0 aliphatic rings. The molecule has 0 fully saturated rings. The minimum absolute atomic E-state index is 0.104. The van der Waals surface area contributed by atoms with Crippen LogP contribution in [0.3, 0.4) is 0 Å². The molecule has 0 aliphatic heterocycles. The zero-order valence-electron chi connectivity index (χ0n) is 10.9. The molecule has 106 valence electrons. The van der Waals surface area contributed by atoms with Crippen molar-refractivity contribution in [3.8, 4) is 6.07 Å². The maximum absolute atomic E-state index is 14.3. The van der Waals surface area contributed by atoms with E-state index >= 15 is 0 Å². The highest BCUT2D eigenvalue weighted by Gasteiger charge is 2.14. The van der Waals surface area contributed by atoms with Crippen LogP contribution in [0.2, 0.25) is 0 Å². The van der Waals surface area contributed by atoms with E-state index in [0.717, 1.165) is 5.56 Å². The summed E-state index contributed by atoms with van der Waals surface area (Å²) in [5.41, 5.74) is 3.42. The van der Waals surface area contributed by atoms with E-state index in [-0.39, 0.29) is 12.0 Å². The Balaban J connectivity index is 2.37. The molecule has 2 aromatic carbocycles. The monoisotopic (exact) mass is 347 g/mol. The fourth-order valence-electron chi connectivity index (χ4n) is 1.96. The number of carbonyl (C=O) groups excluding carboxylic acids is 1. The van der Waals surface area contributed by atoms with Gasteiger partial charge in [0.15, 0.2) is 0 Å². The van der Waals surface area contributed by atoms with Crippen LogP contribution >= 0.6 is 15.9 Å². The van der Waals surface area contributed by atoms with Gasteiger partial charge < -0.3 is 0 Å². The van der Waals surface area contributed by atoms with Crippen molar-refractivity contribution in [3.05, 3.63) is 68.9 Å². The predicted molar refractivity (Wildman–Crippen MR) is 79.7 cm³/mol. The van der Waals surface area contributed by atoms with E-state index in [1.165, 1.54) is 6.07 Å². The molecule has 21 heavy (non-hydrogen) atoms. The van der Waals surface area contributed by atoms with Crippen molar-refractivity contribution in [3.63, 3.8) is 0 Å². The average Bonchev–Trinajstić information content (AvgIpc) is 2.50. The van der Waals surface area contributed by atoms with E-state index in [2.05, 4.69) is 22.0 Å². The number of carbonyl (C=O) groups is 1. The first-order valence-electron chi connectivity index (χ1n) is 6.03. The first kappa shape index (κ1) is 15.2. The zero-order valence-corrected chi connectivity index (χ0v) is 12.4. The van der Waals surface area contributed by atoms with Crippen LogP contribution in [0.5, 0.6) is 0 Å². The van der Waals surface area contributed by atoms with Gasteiger partial charge in [0.1, 0.15) is 11.9 Å². The first-order valence-corrected chi connectivity index (χ1v) is 6.83. The lowest BCUT2D eigenvalue weighted by molar-refractivity contribution is 0.0949. The Morgan fingerprint density at radius 1 is 1.38 bits per heavy atom. The number of nitriles is 1. The highest BCUT2D eigenvalue weighted by Crippen LogP contribution is 2.21. The van der Waals surface area contributed by atoms with Gasteiger partial charge in [-0.25, -0.2) is 10.2 Å². The number of nitrogen functional groups attached to an aromatic ring is 1. The maximum atomic E-state index is 14.3. The Kier molecular flexibility index (Phi) is 4.68. The zero-order chi connectivity index (χ0) is 15.4. The molecule has 0 bridgehead atoms. The molecule has 0 saturated carbocycles. The molecule has 2 aromatic rings. The number of halogens is 2. The summed E-state index contributed by atoms with van der Waals surface area (Å²) >= 11 is 3.27. The molecule has 0 unspecified atom stereocenters. The van der Waals surface area contributed by atoms with Crippen LogP contribution in [0, 0.1) is 17.1 Å². The molecular formula is C15H11BrFN3O. The van der Waals surface area contributed by atoms with Gasteiger partial charge in [0.05, 0.1) is 11.1 Å². The average molecular weight is 348 g/mol. The van der Waals surface area contributed by atoms with Crippen LogP contribution in [0.15, 0.2) is 40.9 Å². The standard InChI is InChI=1S/C15H11BrFN3O/c16-13-5-4-9(7-11(13)8-18)6-10-2-1-3-12(14(10)17)15(21)20-19/h1-5,7H,6,19H2,(H,20,21). The molecule has 4 nitrogen and oxygen atoms in total. The van der Waals surface area contributed by atoms with E-state index in [9.17, 15) is 9.18 Å². The van der Waals surface area contributed by atoms with Gasteiger partial charge in [-0.3, -0.25) is 10.2 Å². The van der Waals surface area contributed by atoms with Crippen molar-refractivity contribution < 1.29 is 9.18 Å². The van der Waals surface area contributed by atoms with Gasteiger partial charge in [0, 0.05) is 10.9 Å². The van der Waals surface area contributed by atoms with Crippen LogP contribution in [0.4, 0.5) is 4.39 Å². The number of nitrogens with two attached hydrogens (primary N) is 1. The molecule has 2 rings (SSSR count). The van der Waals surface area contributed by atoms with Gasteiger partial charge in [-0.15, -0.1) is 0 Å². The lowest BCUT2D eigenvalue weighted by atomic mass is 10.0. The molecular weight excluding hydrogens is 337 g/mol. The predicted octanol–water partition coefficient (Wildman–Crippen LogP) is 2.65. The number of hydrazine groups is 1. The summed E-state index contributed by atoms with van der Waals surface area (Å²) in [6.07, 6.45) is 0.277. The summed E-state index contributed by atoms with van der Waals surface area (Å²) in [5.74, 6) is 3.74. The quantitative estimate of drug-likeness (QED) is 0.509. The number of rotatable bonds is 3. The van der Waals surface area contributed by atoms with Gasteiger partial charge in [-0.1, -0.05) is 18.2 Å². The highest BCUT2D eigenvalue weighted by molar-refractivity contribution is 9.10. The number of hydrogen-bond acceptors (Lipinski definition) is 3. The minimum atomic E-state index is -0.678. The summed E-state index contributed by atoms with van der Waals surface area (Å²) in [5, 5.41) is 8.99. The van der Waals surface area contributed by atoms with Crippen molar-refractivity contribution in [1.82, 2.24) is 5.43 Å². The van der Waals surface area contributed by atoms with Crippen LogP contribution < -0.4 is 11.3 Å². The van der Waals surface area contributed by atoms with Gasteiger partial charge >= 0.3 is 0 Å². The van der Waals surface area contributed by atoms with Gasteiger partial charge in [0.2, 0.25) is 0 Å². The molecule has 0 radical (unpaired) electrons. The Morgan fingerprint density at radius 3 is 2.81 bits per heavy atom. The summed E-state index contributed by atoms with van der Waals surface area (Å²) in [7, 11) is 0. The fourth-order valence-corrected chi connectivity index (χ4v) is 2.29. The second-order valence-electron chi connectivity index (χ2n) is 4.35. The minimum Gasteiger partial charge on any atom is -0.290 e. The molecule has 6 heteroatoms. The molecule has 0 heterocycles. The van der Waals surface area contributed by atoms with Crippen molar-refractivity contribution in [1.29, 1.82) is 5.26 Å². The van der Waals surface area contributed by atoms with E-state index in [1.807, 2.05) is 5.43 Å². The van der Waals surface area contributed by atoms with Crippen molar-refractivity contribution in [2.75, 3.05) is 0 Å². The Labute approximate surface area is 129 Å². The first-order chi connectivity index (χ1) is 10.1. The molecule has 0 spiro atoms. The maximum Gasteiger partial charge on any atom is 0.268 e. The van der Waals surface area contributed by atoms with Crippen LogP contribution in [0.1, 0.15) is 27.0 Å². The Hall–Kier alpha value is -2.23. The lowest BCUT2D eigenvalue weighted by Crippen LogP contribution is -2.30. The number of amides is 1. The number of benzene rings is 2. The molecule has 3 N–H and O–H groups in total. The smallest absolute Gasteiger partial charge is 0.268 e. The van der Waals surface area contributed by atoms with Crippen LogP contribution in [-0.2, 0) is 6.42 Å². The third-order valence-electron chi connectivity index (χ3n) is 3.00. The lowest BCUT2D eigenvalue weighted by Gasteiger charge is -2.08. The molecule has 0 atom stereocenters. The SMILES string of the molecule is N#Cc1cc(Cc2cccc(C(=O)NN)c2F)ccc1Br. The Bertz CT molecular complexity index is 740. The largest absolute Gasteiger partial charge is 0.290 e. The number of hydrogen-bond donors (Lipinski definition) is 2. The molecule has 0 aromatic heterocycles. The third-order valence-corrected chi connectivity index (χ3v) is 3.69. The van der Waals surface area contributed by atoms with Gasteiger partial charge in [0.25, 0.3) is 5.91 Å². The molecule has 0 aliphatic carbocycles. The fraction of sp³-hybridized carbons (Fsp3) is 0.0667. The summed E-state index contributed by atoms with van der Waals surface area (Å²) in [6, 6.07) is 11.8. The molecule has 1 amide bonds. The normalized spacial score (nSPS) is 10.0. The van der Waals surface area contributed by atoms with Crippen molar-refractivity contribution >= 4 is 21.8 Å². The van der Waals surface area contributed by atoms with E-state index < -0.39 is 11.7 Å². The van der Waals surface area contributed by atoms with E-state index in [4.69, 9.17) is 11.1 Å². The van der Waals surface area contributed by atoms with Gasteiger partial charge in [-0.2, -0.15) is 5.26 Å². The third kappa shape index (κ3) is 3.27. The number of nitrogens with one attached hydrogen (secondary N) is 1. The topological polar surface area (TPSA) is 78.9 Å². The van der Waals surface area contributed by atoms with E-state index in [1.54, 1.807) is 30.3 Å². The van der Waals surface area contributed by atoms with Crippen LogP contribution in [-0.4, -0.2) is 5.91 Å². The summed E-state index contributed by atoms with van der Waals surface area (Å²) < 4.78 is 15.0. The molecule has 0 saturated heterocycles. The summed E-state index contributed by atoms with van der Waals surface area (Å²) in [4.78, 5) is 11.5. The highest BCUT2D eigenvalue weighted by atomic mass is 79.9. The second-order valence-corrected chi connectivity index (χ2v) is 5.21. The van der Waals surface area contributed by atoms with Crippen LogP contribution in [0.25, 0.3) is 0 Å². The van der Waals surface area contributed by atoms with Crippen molar-refractivity contribution in [2.24, 2.45) is 5.84 Å².